The van der Waals surface area contributed by atoms with E-state index in [2.05, 4.69) is 10.1 Å². The molecule has 2 aromatic rings. The standard InChI is InChI=1S/C12H15N5O2/c1-8-7-16(5-6-19-8)12-9(10(13)18)11-14-3-2-4-17(11)15-12/h2-4,8H,5-7H2,1H3,(H2,13,18)/t8-/m0/s1. The van der Waals surface area contributed by atoms with Gasteiger partial charge in [-0.3, -0.25) is 4.79 Å². The van der Waals surface area contributed by atoms with Crippen molar-refractivity contribution in [3.05, 3.63) is 24.0 Å². The van der Waals surface area contributed by atoms with Crippen LogP contribution in [0.25, 0.3) is 5.65 Å². The van der Waals surface area contributed by atoms with Gasteiger partial charge in [-0.25, -0.2) is 9.50 Å². The minimum absolute atomic E-state index is 0.104. The van der Waals surface area contributed by atoms with Crippen LogP contribution in [0.15, 0.2) is 18.5 Å². The van der Waals surface area contributed by atoms with Crippen LogP contribution in [0.2, 0.25) is 0 Å². The summed E-state index contributed by atoms with van der Waals surface area (Å²) in [6.07, 6.45) is 3.48. The second kappa shape index (κ2) is 4.51. The number of aromatic nitrogens is 3. The van der Waals surface area contributed by atoms with Crippen molar-refractivity contribution in [1.82, 2.24) is 14.6 Å². The summed E-state index contributed by atoms with van der Waals surface area (Å²) in [5.41, 5.74) is 6.34. The summed E-state index contributed by atoms with van der Waals surface area (Å²) in [6, 6.07) is 1.76. The zero-order valence-electron chi connectivity index (χ0n) is 10.6. The molecule has 2 N–H and O–H groups in total. The van der Waals surface area contributed by atoms with Crippen molar-refractivity contribution in [2.75, 3.05) is 24.6 Å². The molecule has 0 bridgehead atoms. The molecule has 100 valence electrons. The molecule has 0 unspecified atom stereocenters. The molecule has 1 saturated heterocycles. The van der Waals surface area contributed by atoms with E-state index in [1.807, 2.05) is 11.8 Å². The van der Waals surface area contributed by atoms with Crippen LogP contribution in [0.3, 0.4) is 0 Å². The molecule has 0 aromatic carbocycles. The van der Waals surface area contributed by atoms with Gasteiger partial charge in [-0.15, -0.1) is 5.10 Å². The van der Waals surface area contributed by atoms with E-state index in [-0.39, 0.29) is 6.10 Å². The lowest BCUT2D eigenvalue weighted by Crippen LogP contribution is -2.42. The smallest absolute Gasteiger partial charge is 0.256 e. The monoisotopic (exact) mass is 261 g/mol. The number of nitrogens with zero attached hydrogens (tertiary/aromatic N) is 4. The fourth-order valence-corrected chi connectivity index (χ4v) is 2.33. The Hall–Kier alpha value is -2.15. The zero-order chi connectivity index (χ0) is 13.4. The largest absolute Gasteiger partial charge is 0.375 e. The van der Waals surface area contributed by atoms with E-state index in [4.69, 9.17) is 10.5 Å². The lowest BCUT2D eigenvalue weighted by Gasteiger charge is -2.31. The molecule has 2 aromatic heterocycles. The van der Waals surface area contributed by atoms with Gasteiger partial charge in [-0.1, -0.05) is 0 Å². The van der Waals surface area contributed by atoms with E-state index >= 15 is 0 Å². The van der Waals surface area contributed by atoms with Crippen molar-refractivity contribution >= 4 is 17.4 Å². The molecule has 3 heterocycles. The van der Waals surface area contributed by atoms with Gasteiger partial charge in [0.2, 0.25) is 0 Å². The number of primary amides is 1. The summed E-state index contributed by atoms with van der Waals surface area (Å²) in [5, 5.41) is 4.42. The highest BCUT2D eigenvalue weighted by atomic mass is 16.5. The maximum Gasteiger partial charge on any atom is 0.256 e. The molecule has 19 heavy (non-hydrogen) atoms. The van der Waals surface area contributed by atoms with Crippen molar-refractivity contribution in [2.45, 2.75) is 13.0 Å². The van der Waals surface area contributed by atoms with Gasteiger partial charge in [0, 0.05) is 25.5 Å². The number of fused-ring (bicyclic) bond motifs is 1. The van der Waals surface area contributed by atoms with Crippen LogP contribution in [0.1, 0.15) is 17.3 Å². The third kappa shape index (κ3) is 2.01. The zero-order valence-corrected chi connectivity index (χ0v) is 10.6. The van der Waals surface area contributed by atoms with Crippen LogP contribution in [0, 0.1) is 0 Å². The molecular formula is C12H15N5O2. The van der Waals surface area contributed by atoms with Gasteiger partial charge in [0.05, 0.1) is 12.7 Å². The van der Waals surface area contributed by atoms with Crippen LogP contribution in [0.4, 0.5) is 5.82 Å². The number of ether oxygens (including phenoxy) is 1. The fraction of sp³-hybridized carbons (Fsp3) is 0.417. The molecular weight excluding hydrogens is 246 g/mol. The number of hydrogen-bond donors (Lipinski definition) is 1. The van der Waals surface area contributed by atoms with Gasteiger partial charge in [-0.2, -0.15) is 0 Å². The first-order valence-corrected chi connectivity index (χ1v) is 6.16. The summed E-state index contributed by atoms with van der Waals surface area (Å²) in [4.78, 5) is 17.9. The van der Waals surface area contributed by atoms with Crippen LogP contribution < -0.4 is 10.6 Å². The Morgan fingerprint density at radius 1 is 1.58 bits per heavy atom. The molecule has 1 amide bonds. The van der Waals surface area contributed by atoms with Crippen molar-refractivity contribution in [3.8, 4) is 0 Å². The predicted octanol–water partition coefficient (Wildman–Crippen LogP) is 0.0533. The molecule has 0 radical (unpaired) electrons. The van der Waals surface area contributed by atoms with Crippen LogP contribution in [-0.4, -0.2) is 46.3 Å². The molecule has 1 aliphatic rings. The molecule has 1 fully saturated rings. The second-order valence-corrected chi connectivity index (χ2v) is 4.58. The minimum atomic E-state index is -0.511. The molecule has 0 aliphatic carbocycles. The number of amides is 1. The molecule has 0 saturated carbocycles. The van der Waals surface area contributed by atoms with Crippen LogP contribution in [-0.2, 0) is 4.74 Å². The Kier molecular flexibility index (Phi) is 2.83. The third-order valence-electron chi connectivity index (χ3n) is 3.16. The Balaban J connectivity index is 2.11. The van der Waals surface area contributed by atoms with E-state index in [9.17, 15) is 4.79 Å². The summed E-state index contributed by atoms with van der Waals surface area (Å²) in [6.45, 7) is 3.98. The second-order valence-electron chi connectivity index (χ2n) is 4.58. The summed E-state index contributed by atoms with van der Waals surface area (Å²) >= 11 is 0. The summed E-state index contributed by atoms with van der Waals surface area (Å²) in [5.74, 6) is 0.0733. The topological polar surface area (TPSA) is 85.8 Å². The Morgan fingerprint density at radius 3 is 3.16 bits per heavy atom. The quantitative estimate of drug-likeness (QED) is 0.825. The Bertz CT molecular complexity index is 624. The average Bonchev–Trinajstić information content (AvgIpc) is 2.78. The first-order valence-electron chi connectivity index (χ1n) is 6.16. The number of hydrogen-bond acceptors (Lipinski definition) is 5. The van der Waals surface area contributed by atoms with Gasteiger partial charge in [-0.05, 0) is 13.0 Å². The van der Waals surface area contributed by atoms with Crippen molar-refractivity contribution in [3.63, 3.8) is 0 Å². The van der Waals surface area contributed by atoms with E-state index in [1.165, 1.54) is 0 Å². The van der Waals surface area contributed by atoms with E-state index < -0.39 is 5.91 Å². The number of nitrogens with two attached hydrogens (primary N) is 1. The Morgan fingerprint density at radius 2 is 2.42 bits per heavy atom. The molecule has 7 nitrogen and oxygen atoms in total. The first kappa shape index (κ1) is 11.9. The molecule has 7 heteroatoms. The molecule has 3 rings (SSSR count). The fourth-order valence-electron chi connectivity index (χ4n) is 2.33. The van der Waals surface area contributed by atoms with Gasteiger partial charge in [0.15, 0.2) is 11.5 Å². The van der Waals surface area contributed by atoms with Crippen LogP contribution >= 0.6 is 0 Å². The van der Waals surface area contributed by atoms with Crippen molar-refractivity contribution in [1.29, 1.82) is 0 Å². The number of anilines is 1. The summed E-state index contributed by atoms with van der Waals surface area (Å²) in [7, 11) is 0. The highest BCUT2D eigenvalue weighted by molar-refractivity contribution is 6.03. The van der Waals surface area contributed by atoms with Gasteiger partial charge >= 0.3 is 0 Å². The minimum Gasteiger partial charge on any atom is -0.375 e. The maximum atomic E-state index is 11.7. The molecule has 1 atom stereocenters. The Labute approximate surface area is 110 Å². The lowest BCUT2D eigenvalue weighted by atomic mass is 10.2. The van der Waals surface area contributed by atoms with Gasteiger partial charge in [0.25, 0.3) is 5.91 Å². The maximum absolute atomic E-state index is 11.7. The number of carbonyl (C=O) groups is 1. The lowest BCUT2D eigenvalue weighted by molar-refractivity contribution is 0.0528. The van der Waals surface area contributed by atoms with Gasteiger partial charge < -0.3 is 15.4 Å². The van der Waals surface area contributed by atoms with E-state index in [0.717, 1.165) is 0 Å². The SMILES string of the molecule is C[C@H]1CN(c2nn3cccnc3c2C(N)=O)CCO1. The van der Waals surface area contributed by atoms with Crippen molar-refractivity contribution < 1.29 is 9.53 Å². The van der Waals surface area contributed by atoms with E-state index in [1.54, 1.807) is 23.0 Å². The average molecular weight is 261 g/mol. The molecule has 1 aliphatic heterocycles. The highest BCUT2D eigenvalue weighted by Crippen LogP contribution is 2.23. The number of carbonyl (C=O) groups excluding carboxylic acids is 1. The van der Waals surface area contributed by atoms with Crippen molar-refractivity contribution in [2.24, 2.45) is 5.73 Å². The highest BCUT2D eigenvalue weighted by Gasteiger charge is 2.26. The summed E-state index contributed by atoms with van der Waals surface area (Å²) < 4.78 is 7.07. The van der Waals surface area contributed by atoms with Crippen LogP contribution in [0.5, 0.6) is 0 Å². The first-order chi connectivity index (χ1) is 9.16. The number of rotatable bonds is 2. The number of morpholine rings is 1. The third-order valence-corrected chi connectivity index (χ3v) is 3.16. The normalized spacial score (nSPS) is 19.8. The predicted molar refractivity (Wildman–Crippen MR) is 69.1 cm³/mol. The van der Waals surface area contributed by atoms with Gasteiger partial charge in [0.1, 0.15) is 5.56 Å². The molecule has 0 spiro atoms. The van der Waals surface area contributed by atoms with E-state index in [0.29, 0.717) is 36.7 Å².